The second-order valence-electron chi connectivity index (χ2n) is 5.16. The summed E-state index contributed by atoms with van der Waals surface area (Å²) in [7, 11) is 0. The maximum absolute atomic E-state index is 10.7. The van der Waals surface area contributed by atoms with E-state index in [4.69, 9.17) is 9.84 Å². The smallest absolute Gasteiger partial charge is 0.304 e. The van der Waals surface area contributed by atoms with E-state index in [1.54, 1.807) is 0 Å². The van der Waals surface area contributed by atoms with Crippen molar-refractivity contribution in [2.45, 2.75) is 51.8 Å². The van der Waals surface area contributed by atoms with Crippen LogP contribution in [0.1, 0.15) is 37.8 Å². The molecule has 19 heavy (non-hydrogen) atoms. The summed E-state index contributed by atoms with van der Waals surface area (Å²) in [5, 5.41) is 12.1. The van der Waals surface area contributed by atoms with Crippen LogP contribution in [0, 0.1) is 0 Å². The van der Waals surface area contributed by atoms with Gasteiger partial charge in [-0.25, -0.2) is 0 Å². The Morgan fingerprint density at radius 1 is 1.58 bits per heavy atom. The van der Waals surface area contributed by atoms with Gasteiger partial charge in [-0.05, 0) is 30.5 Å². The zero-order valence-electron chi connectivity index (χ0n) is 11.5. The molecule has 2 rings (SSSR count). The first-order chi connectivity index (χ1) is 9.08. The molecule has 2 N–H and O–H groups in total. The molecule has 4 nitrogen and oxygen atoms in total. The van der Waals surface area contributed by atoms with Crippen LogP contribution >= 0.6 is 0 Å². The monoisotopic (exact) mass is 263 g/mol. The van der Waals surface area contributed by atoms with Gasteiger partial charge in [0, 0.05) is 19.0 Å². The summed E-state index contributed by atoms with van der Waals surface area (Å²) in [4.78, 5) is 10.7. The molecule has 0 bridgehead atoms. The van der Waals surface area contributed by atoms with E-state index in [-0.39, 0.29) is 18.6 Å². The lowest BCUT2D eigenvalue weighted by Gasteiger charge is -2.15. The Hall–Kier alpha value is -1.55. The highest BCUT2D eigenvalue weighted by atomic mass is 16.5. The Bertz CT molecular complexity index is 459. The van der Waals surface area contributed by atoms with Gasteiger partial charge in [0.05, 0.1) is 6.42 Å². The van der Waals surface area contributed by atoms with Crippen LogP contribution in [0.2, 0.25) is 0 Å². The van der Waals surface area contributed by atoms with Crippen LogP contribution in [-0.4, -0.2) is 23.2 Å². The zero-order valence-corrected chi connectivity index (χ0v) is 11.5. The van der Waals surface area contributed by atoms with Gasteiger partial charge in [-0.15, -0.1) is 0 Å². The highest BCUT2D eigenvalue weighted by Gasteiger charge is 2.19. The normalized spacial score (nSPS) is 18.7. The quantitative estimate of drug-likeness (QED) is 0.827. The molecule has 0 aliphatic carbocycles. The third-order valence-electron chi connectivity index (χ3n) is 3.47. The average Bonchev–Trinajstić information content (AvgIpc) is 2.73. The van der Waals surface area contributed by atoms with Crippen molar-refractivity contribution >= 4 is 5.97 Å². The summed E-state index contributed by atoms with van der Waals surface area (Å²) in [6.07, 6.45) is 2.20. The number of carboxylic acid groups (broad SMARTS) is 1. The zero-order chi connectivity index (χ0) is 13.8. The minimum Gasteiger partial charge on any atom is -0.490 e. The summed E-state index contributed by atoms with van der Waals surface area (Å²) in [6.45, 7) is 4.77. The average molecular weight is 263 g/mol. The number of carbonyl (C=O) groups is 1. The topological polar surface area (TPSA) is 58.6 Å². The lowest BCUT2D eigenvalue weighted by atomic mass is 10.1. The first kappa shape index (κ1) is 13.9. The summed E-state index contributed by atoms with van der Waals surface area (Å²) in [5.74, 6) is 0.226. The van der Waals surface area contributed by atoms with Crippen LogP contribution < -0.4 is 10.1 Å². The number of hydrogen-bond acceptors (Lipinski definition) is 3. The summed E-state index contributed by atoms with van der Waals surface area (Å²) in [5.41, 5.74) is 2.43. The van der Waals surface area contributed by atoms with Crippen LogP contribution in [-0.2, 0) is 17.8 Å². The second kappa shape index (κ2) is 6.06. The molecule has 1 aliphatic rings. The van der Waals surface area contributed by atoms with Gasteiger partial charge < -0.3 is 15.2 Å². The highest BCUT2D eigenvalue weighted by Crippen LogP contribution is 2.29. The van der Waals surface area contributed by atoms with Crippen LogP contribution in [0.3, 0.4) is 0 Å². The van der Waals surface area contributed by atoms with Crippen molar-refractivity contribution in [2.24, 2.45) is 0 Å². The van der Waals surface area contributed by atoms with Gasteiger partial charge in [0.15, 0.2) is 0 Å². The minimum absolute atomic E-state index is 0.0286. The van der Waals surface area contributed by atoms with Crippen molar-refractivity contribution in [3.8, 4) is 5.75 Å². The van der Waals surface area contributed by atoms with E-state index in [1.807, 2.05) is 19.1 Å². The summed E-state index contributed by atoms with van der Waals surface area (Å²) < 4.78 is 5.66. The molecule has 1 heterocycles. The Kier molecular flexibility index (Phi) is 4.43. The van der Waals surface area contributed by atoms with Gasteiger partial charge in [-0.2, -0.15) is 0 Å². The number of nitrogens with one attached hydrogen (secondary N) is 1. The molecule has 0 aromatic heterocycles. The van der Waals surface area contributed by atoms with E-state index in [2.05, 4.69) is 18.3 Å². The van der Waals surface area contributed by atoms with E-state index in [0.29, 0.717) is 6.54 Å². The maximum atomic E-state index is 10.7. The second-order valence-corrected chi connectivity index (χ2v) is 5.16. The molecule has 1 unspecified atom stereocenters. The van der Waals surface area contributed by atoms with Crippen LogP contribution in [0.4, 0.5) is 0 Å². The molecule has 104 valence electrons. The molecule has 0 amide bonds. The number of rotatable bonds is 6. The SMILES string of the molecule is CC[C@H](CC(=O)O)NCc1ccc2c(c1)CC(C)O2. The lowest BCUT2D eigenvalue weighted by Crippen LogP contribution is -2.30. The molecular formula is C15H21NO3. The number of hydrogen-bond donors (Lipinski definition) is 2. The van der Waals surface area contributed by atoms with Gasteiger partial charge in [0.1, 0.15) is 11.9 Å². The third kappa shape index (κ3) is 3.70. The fraction of sp³-hybridized carbons (Fsp3) is 0.533. The molecule has 0 saturated carbocycles. The van der Waals surface area contributed by atoms with Crippen molar-refractivity contribution in [1.82, 2.24) is 5.32 Å². The Balaban J connectivity index is 1.93. The summed E-state index contributed by atoms with van der Waals surface area (Å²) in [6, 6.07) is 6.23. The maximum Gasteiger partial charge on any atom is 0.304 e. The standard InChI is InChI=1S/C15H21NO3/c1-3-13(8-15(17)18)16-9-11-4-5-14-12(7-11)6-10(2)19-14/h4-5,7,10,13,16H,3,6,8-9H2,1-2H3,(H,17,18)/t10?,13-/m1/s1. The summed E-state index contributed by atoms with van der Waals surface area (Å²) >= 11 is 0. The van der Waals surface area contributed by atoms with Crippen molar-refractivity contribution in [2.75, 3.05) is 0 Å². The fourth-order valence-electron chi connectivity index (χ4n) is 2.42. The molecule has 2 atom stereocenters. The van der Waals surface area contributed by atoms with Crippen molar-refractivity contribution in [3.05, 3.63) is 29.3 Å². The number of carboxylic acids is 1. The lowest BCUT2D eigenvalue weighted by molar-refractivity contribution is -0.137. The Morgan fingerprint density at radius 2 is 2.37 bits per heavy atom. The van der Waals surface area contributed by atoms with Gasteiger partial charge in [-0.3, -0.25) is 4.79 Å². The van der Waals surface area contributed by atoms with Gasteiger partial charge in [0.25, 0.3) is 0 Å². The number of benzene rings is 1. The van der Waals surface area contributed by atoms with E-state index in [9.17, 15) is 4.79 Å². The number of aliphatic carboxylic acids is 1. The Morgan fingerprint density at radius 3 is 3.05 bits per heavy atom. The molecule has 0 radical (unpaired) electrons. The van der Waals surface area contributed by atoms with E-state index in [1.165, 1.54) is 11.1 Å². The highest BCUT2D eigenvalue weighted by molar-refractivity contribution is 5.67. The van der Waals surface area contributed by atoms with Gasteiger partial charge >= 0.3 is 5.97 Å². The fourth-order valence-corrected chi connectivity index (χ4v) is 2.42. The molecule has 0 spiro atoms. The number of ether oxygens (including phenoxy) is 1. The number of fused-ring (bicyclic) bond motifs is 1. The Labute approximate surface area is 113 Å². The molecule has 0 saturated heterocycles. The molecule has 0 fully saturated rings. The van der Waals surface area contributed by atoms with Crippen molar-refractivity contribution in [1.29, 1.82) is 0 Å². The van der Waals surface area contributed by atoms with Crippen molar-refractivity contribution < 1.29 is 14.6 Å². The third-order valence-corrected chi connectivity index (χ3v) is 3.47. The van der Waals surface area contributed by atoms with Crippen LogP contribution in [0.5, 0.6) is 5.75 Å². The molecular weight excluding hydrogens is 242 g/mol. The minimum atomic E-state index is -0.754. The van der Waals surface area contributed by atoms with E-state index in [0.717, 1.165) is 18.6 Å². The van der Waals surface area contributed by atoms with Crippen molar-refractivity contribution in [3.63, 3.8) is 0 Å². The van der Waals surface area contributed by atoms with Crippen LogP contribution in [0.15, 0.2) is 18.2 Å². The predicted molar refractivity (Wildman–Crippen MR) is 73.4 cm³/mol. The van der Waals surface area contributed by atoms with Gasteiger partial charge in [-0.1, -0.05) is 19.1 Å². The molecule has 1 aliphatic heterocycles. The van der Waals surface area contributed by atoms with E-state index < -0.39 is 5.97 Å². The van der Waals surface area contributed by atoms with Crippen LogP contribution in [0.25, 0.3) is 0 Å². The predicted octanol–water partition coefficient (Wildman–Crippen LogP) is 2.35. The largest absolute Gasteiger partial charge is 0.490 e. The molecule has 1 aromatic rings. The first-order valence-corrected chi connectivity index (χ1v) is 6.82. The van der Waals surface area contributed by atoms with Gasteiger partial charge in [0.2, 0.25) is 0 Å². The molecule has 4 heteroatoms. The molecule has 1 aromatic carbocycles. The first-order valence-electron chi connectivity index (χ1n) is 6.82. The van der Waals surface area contributed by atoms with E-state index >= 15 is 0 Å².